The Hall–Kier alpha value is -1.69. The van der Waals surface area contributed by atoms with Crippen LogP contribution in [0.4, 0.5) is 0 Å². The van der Waals surface area contributed by atoms with Gasteiger partial charge in [-0.2, -0.15) is 0 Å². The second-order valence-corrected chi connectivity index (χ2v) is 7.78. The first-order chi connectivity index (χ1) is 11.9. The Morgan fingerprint density at radius 2 is 1.96 bits per heavy atom. The minimum Gasteiger partial charge on any atom is -0.342 e. The Labute approximate surface area is 149 Å². The second kappa shape index (κ2) is 7.68. The fourth-order valence-corrected chi connectivity index (χ4v) is 4.14. The zero-order valence-corrected chi connectivity index (χ0v) is 15.6. The highest BCUT2D eigenvalue weighted by atomic mass is 16.2. The summed E-state index contributed by atoms with van der Waals surface area (Å²) in [7, 11) is 0. The molecule has 1 amide bonds. The number of amides is 1. The maximum atomic E-state index is 12.9. The van der Waals surface area contributed by atoms with Crippen molar-refractivity contribution in [3.05, 3.63) is 27.9 Å². The Balaban J connectivity index is 1.58. The van der Waals surface area contributed by atoms with Gasteiger partial charge in [0.2, 0.25) is 5.91 Å². The van der Waals surface area contributed by atoms with Crippen LogP contribution in [0.15, 0.2) is 10.9 Å². The van der Waals surface area contributed by atoms with E-state index in [2.05, 4.69) is 28.7 Å². The lowest BCUT2D eigenvalue weighted by Crippen LogP contribution is -2.48. The highest BCUT2D eigenvalue weighted by Gasteiger charge is 2.32. The number of piperidine rings is 2. The predicted molar refractivity (Wildman–Crippen MR) is 97.6 cm³/mol. The summed E-state index contributed by atoms with van der Waals surface area (Å²) in [6.45, 7) is 9.77. The predicted octanol–water partition coefficient (Wildman–Crippen LogP) is 1.90. The molecule has 1 aromatic rings. The number of hydrogen-bond donors (Lipinski definition) is 1. The van der Waals surface area contributed by atoms with E-state index < -0.39 is 0 Å². The minimum atomic E-state index is -0.0861. The van der Waals surface area contributed by atoms with Gasteiger partial charge in [-0.25, -0.2) is 4.98 Å². The summed E-state index contributed by atoms with van der Waals surface area (Å²) in [5, 5.41) is 0. The number of aryl methyl sites for hydroxylation is 1. The number of carbonyl (C=O) groups is 1. The van der Waals surface area contributed by atoms with E-state index in [1.165, 1.54) is 0 Å². The molecule has 3 rings (SSSR count). The van der Waals surface area contributed by atoms with Crippen molar-refractivity contribution < 1.29 is 4.79 Å². The molecule has 3 heterocycles. The van der Waals surface area contributed by atoms with Crippen LogP contribution in [0.2, 0.25) is 0 Å². The van der Waals surface area contributed by atoms with E-state index in [-0.39, 0.29) is 17.4 Å². The van der Waals surface area contributed by atoms with Crippen molar-refractivity contribution in [2.45, 2.75) is 58.4 Å². The number of H-pyrrole nitrogens is 1. The SMILES string of the molecule is Cc1nc(C2CCN(C(=O)C3CCCN(C(C)C)C3)CC2)cc(=O)[nH]1. The molecule has 2 saturated heterocycles. The molecule has 25 heavy (non-hydrogen) atoms. The molecule has 2 aliphatic rings. The quantitative estimate of drug-likeness (QED) is 0.908. The number of carbonyl (C=O) groups excluding carboxylic acids is 1. The van der Waals surface area contributed by atoms with Crippen molar-refractivity contribution in [1.29, 1.82) is 0 Å². The third-order valence-corrected chi connectivity index (χ3v) is 5.64. The second-order valence-electron chi connectivity index (χ2n) is 7.78. The van der Waals surface area contributed by atoms with Crippen molar-refractivity contribution in [3.63, 3.8) is 0 Å². The molecular weight excluding hydrogens is 316 g/mol. The number of likely N-dealkylation sites (tertiary alicyclic amines) is 2. The average Bonchev–Trinajstić information content (AvgIpc) is 2.60. The van der Waals surface area contributed by atoms with Crippen LogP contribution < -0.4 is 5.56 Å². The molecule has 0 radical (unpaired) electrons. The van der Waals surface area contributed by atoms with Crippen LogP contribution in [-0.4, -0.2) is 57.9 Å². The monoisotopic (exact) mass is 346 g/mol. The van der Waals surface area contributed by atoms with E-state index in [0.29, 0.717) is 17.8 Å². The van der Waals surface area contributed by atoms with Gasteiger partial charge in [0.05, 0.1) is 11.6 Å². The Morgan fingerprint density at radius 1 is 1.24 bits per heavy atom. The number of aromatic amines is 1. The van der Waals surface area contributed by atoms with Gasteiger partial charge in [-0.15, -0.1) is 0 Å². The number of nitrogens with zero attached hydrogens (tertiary/aromatic N) is 3. The molecule has 138 valence electrons. The molecule has 1 aromatic heterocycles. The molecule has 0 aromatic carbocycles. The molecule has 1 atom stereocenters. The highest BCUT2D eigenvalue weighted by molar-refractivity contribution is 5.79. The summed E-state index contributed by atoms with van der Waals surface area (Å²) in [4.78, 5) is 36.2. The topological polar surface area (TPSA) is 69.3 Å². The zero-order chi connectivity index (χ0) is 18.0. The lowest BCUT2D eigenvalue weighted by Gasteiger charge is -2.39. The minimum absolute atomic E-state index is 0.0861. The Kier molecular flexibility index (Phi) is 5.57. The molecule has 1 unspecified atom stereocenters. The normalized spacial score (nSPS) is 23.2. The van der Waals surface area contributed by atoms with E-state index in [9.17, 15) is 9.59 Å². The van der Waals surface area contributed by atoms with E-state index in [0.717, 1.165) is 57.6 Å². The van der Waals surface area contributed by atoms with Crippen LogP contribution in [0.3, 0.4) is 0 Å². The van der Waals surface area contributed by atoms with Crippen LogP contribution in [0, 0.1) is 12.8 Å². The number of hydrogen-bond acceptors (Lipinski definition) is 4. The van der Waals surface area contributed by atoms with E-state index >= 15 is 0 Å². The van der Waals surface area contributed by atoms with Crippen molar-refractivity contribution in [2.75, 3.05) is 26.2 Å². The Bertz CT molecular complexity index is 662. The first-order valence-electron chi connectivity index (χ1n) is 9.54. The number of rotatable bonds is 3. The first kappa shape index (κ1) is 18.1. The maximum Gasteiger partial charge on any atom is 0.251 e. The summed E-state index contributed by atoms with van der Waals surface area (Å²) >= 11 is 0. The molecule has 0 spiro atoms. The smallest absolute Gasteiger partial charge is 0.251 e. The average molecular weight is 346 g/mol. The molecule has 0 bridgehead atoms. The summed E-state index contributed by atoms with van der Waals surface area (Å²) in [5.74, 6) is 1.41. The summed E-state index contributed by atoms with van der Waals surface area (Å²) in [6, 6.07) is 2.11. The molecule has 1 N–H and O–H groups in total. The molecule has 0 aliphatic carbocycles. The molecule has 2 aliphatic heterocycles. The van der Waals surface area contributed by atoms with Gasteiger partial charge in [-0.1, -0.05) is 0 Å². The molecule has 6 nitrogen and oxygen atoms in total. The summed E-state index contributed by atoms with van der Waals surface area (Å²) in [5.41, 5.74) is 0.786. The molecular formula is C19H30N4O2. The van der Waals surface area contributed by atoms with E-state index in [4.69, 9.17) is 0 Å². The van der Waals surface area contributed by atoms with Gasteiger partial charge in [-0.05, 0) is 53.0 Å². The van der Waals surface area contributed by atoms with Crippen LogP contribution >= 0.6 is 0 Å². The van der Waals surface area contributed by atoms with Crippen molar-refractivity contribution >= 4 is 5.91 Å². The summed E-state index contributed by atoms with van der Waals surface area (Å²) in [6.07, 6.45) is 3.91. The fraction of sp³-hybridized carbons (Fsp3) is 0.737. The van der Waals surface area contributed by atoms with Gasteiger partial charge in [0.25, 0.3) is 5.56 Å². The van der Waals surface area contributed by atoms with Gasteiger partial charge < -0.3 is 14.8 Å². The fourth-order valence-electron chi connectivity index (χ4n) is 4.14. The number of nitrogens with one attached hydrogen (secondary N) is 1. The molecule has 2 fully saturated rings. The van der Waals surface area contributed by atoms with Gasteiger partial charge >= 0.3 is 0 Å². The van der Waals surface area contributed by atoms with Gasteiger partial charge in [-0.3, -0.25) is 9.59 Å². The largest absolute Gasteiger partial charge is 0.342 e. The molecule has 0 saturated carbocycles. The maximum absolute atomic E-state index is 12.9. The number of aromatic nitrogens is 2. The van der Waals surface area contributed by atoms with Gasteiger partial charge in [0.1, 0.15) is 5.82 Å². The van der Waals surface area contributed by atoms with E-state index in [1.807, 2.05) is 11.8 Å². The Morgan fingerprint density at radius 3 is 2.60 bits per heavy atom. The van der Waals surface area contributed by atoms with E-state index in [1.54, 1.807) is 6.07 Å². The van der Waals surface area contributed by atoms with Crippen molar-refractivity contribution in [1.82, 2.24) is 19.8 Å². The van der Waals surface area contributed by atoms with Crippen LogP contribution in [0.1, 0.15) is 57.0 Å². The van der Waals surface area contributed by atoms with Gasteiger partial charge in [0.15, 0.2) is 0 Å². The third-order valence-electron chi connectivity index (χ3n) is 5.64. The van der Waals surface area contributed by atoms with Crippen molar-refractivity contribution in [3.8, 4) is 0 Å². The zero-order valence-electron chi connectivity index (χ0n) is 15.6. The third kappa shape index (κ3) is 4.29. The van der Waals surface area contributed by atoms with Crippen LogP contribution in [0.5, 0.6) is 0 Å². The lowest BCUT2D eigenvalue weighted by molar-refractivity contribution is -0.138. The summed E-state index contributed by atoms with van der Waals surface area (Å²) < 4.78 is 0. The lowest BCUT2D eigenvalue weighted by atomic mass is 9.90. The first-order valence-corrected chi connectivity index (χ1v) is 9.54. The standard InChI is InChI=1S/C19H30N4O2/c1-13(2)23-8-4-5-16(12-23)19(25)22-9-6-15(7-10-22)17-11-18(24)21-14(3)20-17/h11,13,15-16H,4-10,12H2,1-3H3,(H,20,21,24). The van der Waals surface area contributed by atoms with Crippen LogP contribution in [0.25, 0.3) is 0 Å². The van der Waals surface area contributed by atoms with Gasteiger partial charge in [0, 0.05) is 37.7 Å². The molecule has 6 heteroatoms. The van der Waals surface area contributed by atoms with Crippen LogP contribution in [-0.2, 0) is 4.79 Å². The highest BCUT2D eigenvalue weighted by Crippen LogP contribution is 2.28. The van der Waals surface area contributed by atoms with Crippen molar-refractivity contribution in [2.24, 2.45) is 5.92 Å².